The zero-order chi connectivity index (χ0) is 12.6. The van der Waals surface area contributed by atoms with Crippen molar-refractivity contribution in [3.63, 3.8) is 0 Å². The van der Waals surface area contributed by atoms with Crippen molar-refractivity contribution >= 4 is 0 Å². The third-order valence-corrected chi connectivity index (χ3v) is 3.86. The molecule has 2 heteroatoms. The number of nitrogens with one attached hydrogen (secondary N) is 2. The normalized spacial score (nSPS) is 16.9. The van der Waals surface area contributed by atoms with Gasteiger partial charge in [-0.15, -0.1) is 0 Å². The molecule has 0 bridgehead atoms. The van der Waals surface area contributed by atoms with Crippen molar-refractivity contribution in [2.24, 2.45) is 5.92 Å². The number of rotatable bonds is 6. The highest BCUT2D eigenvalue weighted by atomic mass is 14.9. The average Bonchev–Trinajstić information content (AvgIpc) is 2.41. The molecular weight excluding hydrogens is 220 g/mol. The molecule has 1 fully saturated rings. The molecular formula is C16H26N2. The molecule has 0 heterocycles. The highest BCUT2D eigenvalue weighted by molar-refractivity contribution is 5.23. The molecule has 0 radical (unpaired) electrons. The Hall–Kier alpha value is -0.860. The first-order valence-electron chi connectivity index (χ1n) is 7.31. The van der Waals surface area contributed by atoms with E-state index in [0.717, 1.165) is 19.0 Å². The van der Waals surface area contributed by atoms with Crippen LogP contribution in [0.3, 0.4) is 0 Å². The molecule has 0 aromatic heterocycles. The van der Waals surface area contributed by atoms with Gasteiger partial charge in [-0.2, -0.15) is 0 Å². The molecule has 1 aliphatic carbocycles. The van der Waals surface area contributed by atoms with Crippen LogP contribution in [0.25, 0.3) is 0 Å². The van der Waals surface area contributed by atoms with E-state index < -0.39 is 0 Å². The molecule has 0 atom stereocenters. The topological polar surface area (TPSA) is 24.1 Å². The Morgan fingerprint density at radius 2 is 1.78 bits per heavy atom. The predicted molar refractivity (Wildman–Crippen MR) is 77.5 cm³/mol. The monoisotopic (exact) mass is 246 g/mol. The standard InChI is InChI=1S/C16H26N2/c1-17-11-15-8-5-9-16(10-15)13-18-12-14-6-3-2-4-7-14/h5,8-10,14,17-18H,2-4,6-7,11-13H2,1H3. The van der Waals surface area contributed by atoms with E-state index in [1.807, 2.05) is 7.05 Å². The van der Waals surface area contributed by atoms with Gasteiger partial charge in [-0.25, -0.2) is 0 Å². The zero-order valence-corrected chi connectivity index (χ0v) is 11.5. The molecule has 0 unspecified atom stereocenters. The predicted octanol–water partition coefficient (Wildman–Crippen LogP) is 3.08. The Morgan fingerprint density at radius 1 is 1.06 bits per heavy atom. The first-order chi connectivity index (χ1) is 8.88. The van der Waals surface area contributed by atoms with Crippen molar-refractivity contribution in [2.75, 3.05) is 13.6 Å². The van der Waals surface area contributed by atoms with Gasteiger partial charge in [-0.05, 0) is 43.5 Å². The van der Waals surface area contributed by atoms with Gasteiger partial charge in [0, 0.05) is 13.1 Å². The van der Waals surface area contributed by atoms with Gasteiger partial charge < -0.3 is 10.6 Å². The Bertz CT molecular complexity index is 343. The summed E-state index contributed by atoms with van der Waals surface area (Å²) in [5, 5.41) is 6.82. The number of hydrogen-bond acceptors (Lipinski definition) is 2. The maximum Gasteiger partial charge on any atom is 0.0205 e. The smallest absolute Gasteiger partial charge is 0.0205 e. The Kier molecular flexibility index (Phi) is 5.69. The van der Waals surface area contributed by atoms with Gasteiger partial charge in [0.05, 0.1) is 0 Å². The fourth-order valence-corrected chi connectivity index (χ4v) is 2.87. The molecule has 2 N–H and O–H groups in total. The highest BCUT2D eigenvalue weighted by Crippen LogP contribution is 2.22. The second kappa shape index (κ2) is 7.55. The van der Waals surface area contributed by atoms with Crippen LogP contribution >= 0.6 is 0 Å². The lowest BCUT2D eigenvalue weighted by Crippen LogP contribution is -2.24. The minimum absolute atomic E-state index is 0.916. The molecule has 18 heavy (non-hydrogen) atoms. The number of hydrogen-bond donors (Lipinski definition) is 2. The molecule has 100 valence electrons. The van der Waals surface area contributed by atoms with Gasteiger partial charge in [0.2, 0.25) is 0 Å². The molecule has 1 aromatic rings. The van der Waals surface area contributed by atoms with Crippen molar-refractivity contribution in [1.29, 1.82) is 0 Å². The molecule has 1 aromatic carbocycles. The van der Waals surface area contributed by atoms with E-state index in [1.165, 1.54) is 49.8 Å². The van der Waals surface area contributed by atoms with Crippen molar-refractivity contribution < 1.29 is 0 Å². The van der Waals surface area contributed by atoms with Crippen LogP contribution in [0.15, 0.2) is 24.3 Å². The quantitative estimate of drug-likeness (QED) is 0.806. The van der Waals surface area contributed by atoms with E-state index in [4.69, 9.17) is 0 Å². The second-order valence-corrected chi connectivity index (χ2v) is 5.49. The van der Waals surface area contributed by atoms with Crippen molar-refractivity contribution in [3.05, 3.63) is 35.4 Å². The van der Waals surface area contributed by atoms with Crippen molar-refractivity contribution in [3.8, 4) is 0 Å². The molecule has 1 aliphatic rings. The summed E-state index contributed by atoms with van der Waals surface area (Å²) in [7, 11) is 1.99. The molecule has 1 saturated carbocycles. The molecule has 0 amide bonds. The zero-order valence-electron chi connectivity index (χ0n) is 11.5. The van der Waals surface area contributed by atoms with Crippen LogP contribution in [-0.4, -0.2) is 13.6 Å². The Balaban J connectivity index is 1.73. The minimum atomic E-state index is 0.916. The summed E-state index contributed by atoms with van der Waals surface area (Å²) in [6.07, 6.45) is 7.16. The maximum absolute atomic E-state index is 3.62. The van der Waals surface area contributed by atoms with Gasteiger partial charge >= 0.3 is 0 Å². The largest absolute Gasteiger partial charge is 0.316 e. The molecule has 2 nitrogen and oxygen atoms in total. The fourth-order valence-electron chi connectivity index (χ4n) is 2.87. The first kappa shape index (κ1) is 13.6. The van der Waals surface area contributed by atoms with Crippen LogP contribution in [0.2, 0.25) is 0 Å². The van der Waals surface area contributed by atoms with Crippen molar-refractivity contribution in [1.82, 2.24) is 10.6 Å². The van der Waals surface area contributed by atoms with E-state index in [2.05, 4.69) is 34.9 Å². The Labute approximate surface area is 111 Å². The third-order valence-electron chi connectivity index (χ3n) is 3.86. The fraction of sp³-hybridized carbons (Fsp3) is 0.625. The lowest BCUT2D eigenvalue weighted by atomic mass is 9.89. The summed E-state index contributed by atoms with van der Waals surface area (Å²) >= 11 is 0. The molecule has 0 aliphatic heterocycles. The van der Waals surface area contributed by atoms with E-state index in [0.29, 0.717) is 0 Å². The summed E-state index contributed by atoms with van der Waals surface area (Å²) in [6, 6.07) is 8.85. The molecule has 0 spiro atoms. The maximum atomic E-state index is 3.62. The SMILES string of the molecule is CNCc1cccc(CNCC2CCCCC2)c1. The van der Waals surface area contributed by atoms with Gasteiger partial charge in [0.25, 0.3) is 0 Å². The summed E-state index contributed by atoms with van der Waals surface area (Å²) in [5.41, 5.74) is 2.77. The second-order valence-electron chi connectivity index (χ2n) is 5.49. The molecule has 2 rings (SSSR count). The van der Waals surface area contributed by atoms with Crippen LogP contribution in [-0.2, 0) is 13.1 Å². The van der Waals surface area contributed by atoms with Gasteiger partial charge in [-0.3, -0.25) is 0 Å². The number of benzene rings is 1. The van der Waals surface area contributed by atoms with Crippen molar-refractivity contribution in [2.45, 2.75) is 45.2 Å². The lowest BCUT2D eigenvalue weighted by Gasteiger charge is -2.21. The van der Waals surface area contributed by atoms with Crippen LogP contribution in [0.1, 0.15) is 43.2 Å². The van der Waals surface area contributed by atoms with Crippen LogP contribution in [0, 0.1) is 5.92 Å². The van der Waals surface area contributed by atoms with E-state index in [-0.39, 0.29) is 0 Å². The Morgan fingerprint density at radius 3 is 2.50 bits per heavy atom. The lowest BCUT2D eigenvalue weighted by molar-refractivity contribution is 0.342. The van der Waals surface area contributed by atoms with Gasteiger partial charge in [0.15, 0.2) is 0 Å². The summed E-state index contributed by atoms with van der Waals surface area (Å²) in [4.78, 5) is 0. The summed E-state index contributed by atoms with van der Waals surface area (Å²) in [5.74, 6) is 0.916. The van der Waals surface area contributed by atoms with Gasteiger partial charge in [0.1, 0.15) is 0 Å². The van der Waals surface area contributed by atoms with Crippen LogP contribution < -0.4 is 10.6 Å². The molecule has 0 saturated heterocycles. The summed E-state index contributed by atoms with van der Waals surface area (Å²) < 4.78 is 0. The van der Waals surface area contributed by atoms with E-state index >= 15 is 0 Å². The summed E-state index contributed by atoms with van der Waals surface area (Å²) in [6.45, 7) is 3.15. The van der Waals surface area contributed by atoms with Crippen LogP contribution in [0.4, 0.5) is 0 Å². The average molecular weight is 246 g/mol. The van der Waals surface area contributed by atoms with E-state index in [9.17, 15) is 0 Å². The third kappa shape index (κ3) is 4.43. The van der Waals surface area contributed by atoms with Gasteiger partial charge in [-0.1, -0.05) is 43.5 Å². The van der Waals surface area contributed by atoms with Crippen LogP contribution in [0.5, 0.6) is 0 Å². The first-order valence-corrected chi connectivity index (χ1v) is 7.31. The minimum Gasteiger partial charge on any atom is -0.316 e. The van der Waals surface area contributed by atoms with E-state index in [1.54, 1.807) is 0 Å². The highest BCUT2D eigenvalue weighted by Gasteiger charge is 2.12.